The molecule has 1 rings (SSSR count). The zero-order valence-electron chi connectivity index (χ0n) is 12.7. The van der Waals surface area contributed by atoms with Crippen LogP contribution in [0, 0.1) is 5.92 Å². The molecular weight excluding hydrogens is 290 g/mol. The second-order valence-electron chi connectivity index (χ2n) is 5.58. The lowest BCUT2D eigenvalue weighted by atomic mass is 10.2. The SMILES string of the molecule is CC(C)CN(CCN(C)C)C(=S)Nc1cccc(Cl)c1. The molecule has 0 radical (unpaired) electrons. The fraction of sp³-hybridized carbons (Fsp3) is 0.533. The number of thiocarbonyl (C=S) groups is 1. The topological polar surface area (TPSA) is 18.5 Å². The second-order valence-corrected chi connectivity index (χ2v) is 6.41. The summed E-state index contributed by atoms with van der Waals surface area (Å²) in [6, 6.07) is 7.62. The van der Waals surface area contributed by atoms with Crippen molar-refractivity contribution in [3.05, 3.63) is 29.3 Å². The standard InChI is InChI=1S/C15H24ClN3S/c1-12(2)11-19(9-8-18(3)4)15(20)17-14-7-5-6-13(16)10-14/h5-7,10,12H,8-9,11H2,1-4H3,(H,17,20). The van der Waals surface area contributed by atoms with Gasteiger partial charge in [0.05, 0.1) is 0 Å². The van der Waals surface area contributed by atoms with Gasteiger partial charge in [-0.05, 0) is 50.4 Å². The maximum Gasteiger partial charge on any atom is 0.173 e. The largest absolute Gasteiger partial charge is 0.347 e. The van der Waals surface area contributed by atoms with Crippen LogP contribution < -0.4 is 5.32 Å². The van der Waals surface area contributed by atoms with Crippen LogP contribution in [0.2, 0.25) is 5.02 Å². The lowest BCUT2D eigenvalue weighted by Crippen LogP contribution is -2.41. The van der Waals surface area contributed by atoms with E-state index in [-0.39, 0.29) is 0 Å². The molecule has 0 saturated carbocycles. The Hall–Kier alpha value is -0.840. The molecule has 0 aromatic heterocycles. The van der Waals surface area contributed by atoms with Gasteiger partial charge in [0.15, 0.2) is 5.11 Å². The summed E-state index contributed by atoms with van der Waals surface area (Å²) in [7, 11) is 4.14. The second kappa shape index (κ2) is 8.45. The number of likely N-dealkylation sites (N-methyl/N-ethyl adjacent to an activating group) is 1. The van der Waals surface area contributed by atoms with Gasteiger partial charge in [-0.15, -0.1) is 0 Å². The van der Waals surface area contributed by atoms with Crippen molar-refractivity contribution in [3.63, 3.8) is 0 Å². The van der Waals surface area contributed by atoms with E-state index >= 15 is 0 Å². The van der Waals surface area contributed by atoms with Crippen LogP contribution in [0.15, 0.2) is 24.3 Å². The fourth-order valence-corrected chi connectivity index (χ4v) is 2.28. The number of benzene rings is 1. The van der Waals surface area contributed by atoms with E-state index in [9.17, 15) is 0 Å². The van der Waals surface area contributed by atoms with E-state index in [2.05, 4.69) is 43.1 Å². The first-order chi connectivity index (χ1) is 9.38. The normalized spacial score (nSPS) is 10.9. The van der Waals surface area contributed by atoms with Gasteiger partial charge in [-0.1, -0.05) is 31.5 Å². The fourth-order valence-electron chi connectivity index (χ4n) is 1.81. The van der Waals surface area contributed by atoms with E-state index in [1.807, 2.05) is 24.3 Å². The van der Waals surface area contributed by atoms with E-state index in [0.717, 1.165) is 30.4 Å². The molecule has 0 heterocycles. The van der Waals surface area contributed by atoms with E-state index in [1.54, 1.807) is 0 Å². The van der Waals surface area contributed by atoms with Gasteiger partial charge in [0.25, 0.3) is 0 Å². The summed E-state index contributed by atoms with van der Waals surface area (Å²) in [5.41, 5.74) is 0.932. The molecule has 1 aromatic rings. The van der Waals surface area contributed by atoms with Crippen LogP contribution in [0.4, 0.5) is 5.69 Å². The van der Waals surface area contributed by atoms with Gasteiger partial charge in [0.2, 0.25) is 0 Å². The Bertz CT molecular complexity index is 435. The minimum atomic E-state index is 0.566. The summed E-state index contributed by atoms with van der Waals surface area (Å²) in [4.78, 5) is 4.37. The summed E-state index contributed by atoms with van der Waals surface area (Å²) < 4.78 is 0. The number of anilines is 1. The first-order valence-electron chi connectivity index (χ1n) is 6.84. The number of hydrogen-bond donors (Lipinski definition) is 1. The molecule has 0 aliphatic rings. The Morgan fingerprint density at radius 3 is 2.55 bits per heavy atom. The molecule has 112 valence electrons. The molecule has 0 saturated heterocycles. The van der Waals surface area contributed by atoms with Gasteiger partial charge in [-0.25, -0.2) is 0 Å². The molecule has 0 unspecified atom stereocenters. The van der Waals surface area contributed by atoms with E-state index in [1.165, 1.54) is 0 Å². The van der Waals surface area contributed by atoms with Gasteiger partial charge in [0.1, 0.15) is 0 Å². The maximum absolute atomic E-state index is 5.99. The first kappa shape index (κ1) is 17.2. The molecule has 0 spiro atoms. The van der Waals surface area contributed by atoms with Crippen molar-refractivity contribution in [2.45, 2.75) is 13.8 Å². The molecule has 5 heteroatoms. The summed E-state index contributed by atoms with van der Waals surface area (Å²) >= 11 is 11.5. The highest BCUT2D eigenvalue weighted by Gasteiger charge is 2.12. The van der Waals surface area contributed by atoms with Crippen molar-refractivity contribution < 1.29 is 0 Å². The number of rotatable bonds is 6. The van der Waals surface area contributed by atoms with Gasteiger partial charge in [0, 0.05) is 30.3 Å². The zero-order valence-corrected chi connectivity index (χ0v) is 14.3. The van der Waals surface area contributed by atoms with Gasteiger partial charge < -0.3 is 15.1 Å². The highest BCUT2D eigenvalue weighted by atomic mass is 35.5. The molecule has 20 heavy (non-hydrogen) atoms. The molecule has 0 bridgehead atoms. The molecule has 0 fully saturated rings. The van der Waals surface area contributed by atoms with Crippen LogP contribution in [-0.4, -0.2) is 48.6 Å². The van der Waals surface area contributed by atoms with Crippen molar-refractivity contribution in [2.24, 2.45) is 5.92 Å². The third-order valence-electron chi connectivity index (χ3n) is 2.77. The quantitative estimate of drug-likeness (QED) is 0.809. The lowest BCUT2D eigenvalue weighted by Gasteiger charge is -2.28. The molecule has 3 nitrogen and oxygen atoms in total. The summed E-state index contributed by atoms with van der Waals surface area (Å²) in [6.07, 6.45) is 0. The molecule has 0 amide bonds. The highest BCUT2D eigenvalue weighted by molar-refractivity contribution is 7.80. The highest BCUT2D eigenvalue weighted by Crippen LogP contribution is 2.15. The summed E-state index contributed by atoms with van der Waals surface area (Å²) in [5.74, 6) is 0.566. The Morgan fingerprint density at radius 1 is 1.30 bits per heavy atom. The van der Waals surface area contributed by atoms with Crippen LogP contribution in [-0.2, 0) is 0 Å². The Balaban J connectivity index is 2.66. The molecule has 0 aliphatic heterocycles. The third-order valence-corrected chi connectivity index (χ3v) is 3.36. The maximum atomic E-state index is 5.99. The number of nitrogens with zero attached hydrogens (tertiary/aromatic N) is 2. The Morgan fingerprint density at radius 2 is 2.00 bits per heavy atom. The monoisotopic (exact) mass is 313 g/mol. The first-order valence-corrected chi connectivity index (χ1v) is 7.63. The average Bonchev–Trinajstić information content (AvgIpc) is 2.33. The van der Waals surface area contributed by atoms with E-state index in [4.69, 9.17) is 23.8 Å². The average molecular weight is 314 g/mol. The number of halogens is 1. The lowest BCUT2D eigenvalue weighted by molar-refractivity contribution is 0.310. The van der Waals surface area contributed by atoms with Crippen LogP contribution in [0.1, 0.15) is 13.8 Å². The van der Waals surface area contributed by atoms with Crippen LogP contribution in [0.5, 0.6) is 0 Å². The van der Waals surface area contributed by atoms with Gasteiger partial charge in [-0.2, -0.15) is 0 Å². The Labute approximate surface area is 132 Å². The van der Waals surface area contributed by atoms with Crippen LogP contribution in [0.3, 0.4) is 0 Å². The van der Waals surface area contributed by atoms with Crippen LogP contribution >= 0.6 is 23.8 Å². The molecule has 0 atom stereocenters. The van der Waals surface area contributed by atoms with Crippen molar-refractivity contribution >= 4 is 34.6 Å². The molecule has 0 aliphatic carbocycles. The van der Waals surface area contributed by atoms with Crippen molar-refractivity contribution in [2.75, 3.05) is 39.0 Å². The zero-order chi connectivity index (χ0) is 15.1. The van der Waals surface area contributed by atoms with Crippen molar-refractivity contribution in [3.8, 4) is 0 Å². The smallest absolute Gasteiger partial charge is 0.173 e. The predicted molar refractivity (Wildman–Crippen MR) is 92.6 cm³/mol. The van der Waals surface area contributed by atoms with Gasteiger partial charge in [-0.3, -0.25) is 0 Å². The van der Waals surface area contributed by atoms with Gasteiger partial charge >= 0.3 is 0 Å². The number of nitrogens with one attached hydrogen (secondary N) is 1. The predicted octanol–water partition coefficient (Wildman–Crippen LogP) is 3.56. The Kier molecular flexibility index (Phi) is 7.27. The minimum absolute atomic E-state index is 0.566. The molecule has 1 N–H and O–H groups in total. The number of hydrogen-bond acceptors (Lipinski definition) is 2. The molecule has 1 aromatic carbocycles. The van der Waals surface area contributed by atoms with Crippen molar-refractivity contribution in [1.82, 2.24) is 9.80 Å². The van der Waals surface area contributed by atoms with Crippen LogP contribution in [0.25, 0.3) is 0 Å². The van der Waals surface area contributed by atoms with E-state index in [0.29, 0.717) is 10.9 Å². The minimum Gasteiger partial charge on any atom is -0.347 e. The van der Waals surface area contributed by atoms with Crippen molar-refractivity contribution in [1.29, 1.82) is 0 Å². The summed E-state index contributed by atoms with van der Waals surface area (Å²) in [6.45, 7) is 7.23. The summed E-state index contributed by atoms with van der Waals surface area (Å²) in [5, 5.41) is 4.73. The third kappa shape index (κ3) is 6.55. The van der Waals surface area contributed by atoms with E-state index < -0.39 is 0 Å². The molecular formula is C15H24ClN3S.